The Morgan fingerprint density at radius 3 is 1.11 bits per heavy atom. The molecule has 15 fully saturated rings. The molecule has 6 unspecified atom stereocenters. The van der Waals surface area contributed by atoms with Crippen LogP contribution >= 0.6 is 0 Å². The number of aryl methyl sites for hydroxylation is 1. The minimum atomic E-state index is -4.02. The van der Waals surface area contributed by atoms with Crippen molar-refractivity contribution >= 4 is 88.4 Å². The lowest BCUT2D eigenvalue weighted by Crippen LogP contribution is -2.48. The number of carbonyl (C=O) groups excluding carboxylic acids is 11. The van der Waals surface area contributed by atoms with Gasteiger partial charge in [0, 0.05) is 231 Å². The first-order valence-corrected chi connectivity index (χ1v) is 48.9. The standard InChI is InChI=1S/C18H29N5O2.C13H21N3O2.C12H19N5O2.C12H19N3O.C12H20N2O3.C11H17N3O.C10H16N2O2.C7H8O3S/c1-18(20-10-16(24)23-6-4-5-15(23)9-19)7-13-11-22(12-14(13)8-18)17(25)21(2)3;1-13(14-4-5-17)6-10-8-16(9-11(10)7-13)12(18)15(2)3;1-12(10(18)14-15-13)4-8-6-17(7-9(8)5-12)11(19)16(2)3;1-12(8-13)4-9-6-15(7-10(9)5-12)11(16)14(2)3;1-12(10(15)16)4-8-6-14(7-9(8)5-12)11(17)13(2)3;1-13(2)11(15)14-6-9-3-8(5-12)4-10(9)7-14;1-11(2)10(14)12-5-7-3-9(13)4-8(7)6-12;1-6-2-4-7(5-3-6)11(8,9)10/h13-15,20H,4-8,10-12H2,1-3H3;4-5,10-11H,6-9H2,1-3H3;8-9H,4-7H2,1-3H3;9-10H,4-7H2,1-3H3;8-9H,4-7H2,1-3H3,(H,15,16);8-10H,3-4,6-7H2,1-2H3;7-8H,3-6H2,1-2H3;2-5H,1H3,(H,8,9,10)/t13-,14+,15-,18?;10-,11+,13?;8-,9+,12?;9-,10+,12?;8-,9+,12?;8?,9-,10+;7-,8+;/m0......./s1. The van der Waals surface area contributed by atoms with Crippen LogP contribution in [0.1, 0.15) is 143 Å². The van der Waals surface area contributed by atoms with E-state index >= 15 is 0 Å². The molecule has 16 rings (SSSR count). The van der Waals surface area contributed by atoms with Gasteiger partial charge in [-0.05, 0) is 230 Å². The number of nitrogens with one attached hydrogen (secondary N) is 1. The van der Waals surface area contributed by atoms with Gasteiger partial charge in [-0.15, -0.1) is 0 Å². The Kier molecular flexibility index (Phi) is 36.1. The molecule has 8 aliphatic heterocycles. The molecule has 3 N–H and O–H groups in total. The SMILES string of the molecule is CN(C)C(=O)N1C[C@@H]2CC(C)(C#N)C[C@@H]2C1.CN(C)C(=O)N1C[C@@H]2CC(C)(C(=O)N=[N+]=[N-])C[C@@H]2C1.CN(C)C(=O)N1C[C@@H]2CC(C)(C(=O)O)C[C@@H]2C1.CN(C)C(=O)N1C[C@@H]2CC(C)(N=CC=O)C[C@@H]2C1.CN(C)C(=O)N1C[C@@H]2CC(C)(NCC(=O)N3CCC[C@H]3C#N)C[C@@H]2C1.CN(C)C(=O)N1C[C@H]2CC(=O)C[C@H]2C1.CN(C)C(=O)N1C[C@H]2CC(C#N)C[C@H]2C1.Cc1ccc(S(=O)(=O)O)cc1. The Labute approximate surface area is 797 Å². The molecule has 15 aliphatic rings. The Bertz CT molecular complexity index is 4690. The van der Waals surface area contributed by atoms with Gasteiger partial charge in [-0.3, -0.25) is 33.5 Å². The molecule has 7 aliphatic carbocycles. The van der Waals surface area contributed by atoms with Crippen molar-refractivity contribution in [2.45, 2.75) is 166 Å². The van der Waals surface area contributed by atoms with Gasteiger partial charge in [-0.2, -0.15) is 24.2 Å². The van der Waals surface area contributed by atoms with E-state index in [9.17, 15) is 71.1 Å². The van der Waals surface area contributed by atoms with Crippen molar-refractivity contribution in [1.82, 2.24) is 78.8 Å². The lowest BCUT2D eigenvalue weighted by molar-refractivity contribution is -0.148. The number of amides is 16. The molecule has 1 aromatic rings. The van der Waals surface area contributed by atoms with Crippen molar-refractivity contribution < 1.29 is 75.6 Å². The van der Waals surface area contributed by atoms with E-state index in [4.69, 9.17) is 25.9 Å². The number of nitriles is 3. The summed E-state index contributed by atoms with van der Waals surface area (Å²) in [6.07, 6.45) is 15.8. The molecule has 8 saturated heterocycles. The Morgan fingerprint density at radius 1 is 0.489 bits per heavy atom. The van der Waals surface area contributed by atoms with Gasteiger partial charge in [0.25, 0.3) is 10.1 Å². The number of likely N-dealkylation sites (tertiary alicyclic amines) is 8. The number of carbonyl (C=O) groups is 12. The molecule has 16 amide bonds. The van der Waals surface area contributed by atoms with Crippen LogP contribution in [0.2, 0.25) is 0 Å². The lowest BCUT2D eigenvalue weighted by Gasteiger charge is -2.30. The zero-order valence-electron chi connectivity index (χ0n) is 83.2. The monoisotopic (exact) mass is 1900 g/mol. The van der Waals surface area contributed by atoms with Crippen LogP contribution < -0.4 is 5.32 Å². The lowest BCUT2D eigenvalue weighted by atomic mass is 9.86. The van der Waals surface area contributed by atoms with E-state index in [0.29, 0.717) is 166 Å². The number of aliphatic carboxylic acids is 1. The highest BCUT2D eigenvalue weighted by Gasteiger charge is 2.56. The summed E-state index contributed by atoms with van der Waals surface area (Å²) >= 11 is 0. The third kappa shape index (κ3) is 27.2. The molecule has 135 heavy (non-hydrogen) atoms. The maximum atomic E-state index is 12.4. The van der Waals surface area contributed by atoms with Crippen molar-refractivity contribution in [3.8, 4) is 18.2 Å². The topological polar surface area (TPSA) is 473 Å². The van der Waals surface area contributed by atoms with E-state index in [1.54, 1.807) is 150 Å². The van der Waals surface area contributed by atoms with E-state index in [2.05, 4.69) is 52.4 Å². The Morgan fingerprint density at radius 2 is 0.807 bits per heavy atom. The maximum absolute atomic E-state index is 12.4. The smallest absolute Gasteiger partial charge is 0.319 e. The fourth-order valence-electron chi connectivity index (χ4n) is 24.1. The van der Waals surface area contributed by atoms with Gasteiger partial charge in [0.15, 0.2) is 6.29 Å². The molecule has 39 nitrogen and oxygen atoms in total. The van der Waals surface area contributed by atoms with Crippen LogP contribution in [0, 0.1) is 146 Å². The van der Waals surface area contributed by atoms with Crippen LogP contribution in [-0.2, 0) is 34.1 Å². The van der Waals surface area contributed by atoms with Crippen molar-refractivity contribution in [3.05, 3.63) is 40.3 Å². The fourth-order valence-corrected chi connectivity index (χ4v) is 24.6. The van der Waals surface area contributed by atoms with Gasteiger partial charge >= 0.3 is 48.2 Å². The van der Waals surface area contributed by atoms with Crippen molar-refractivity contribution in [2.24, 2.45) is 115 Å². The summed E-state index contributed by atoms with van der Waals surface area (Å²) < 4.78 is 29.6. The molecular formula is C95H149N23O16S. The molecule has 0 aromatic heterocycles. The summed E-state index contributed by atoms with van der Waals surface area (Å²) in [6.45, 7) is 23.9. The third-order valence-electron chi connectivity index (χ3n) is 30.6. The number of Topliss-reactive ketones (excluding diaryl/α,β-unsaturated/α-hetero) is 1. The number of ketones is 1. The average molecular weight is 1900 g/mol. The van der Waals surface area contributed by atoms with Crippen molar-refractivity contribution in [2.75, 3.05) is 203 Å². The number of carboxylic acids is 1. The van der Waals surface area contributed by atoms with Crippen LogP contribution in [0.4, 0.5) is 33.6 Å². The number of fused-ring (bicyclic) bond motifs is 7. The minimum Gasteiger partial charge on any atom is -0.481 e. The van der Waals surface area contributed by atoms with Gasteiger partial charge in [0.05, 0.1) is 52.2 Å². The first kappa shape index (κ1) is 108. The highest BCUT2D eigenvalue weighted by molar-refractivity contribution is 7.85. The number of rotatable bonds is 8. The molecule has 746 valence electrons. The molecule has 8 heterocycles. The van der Waals surface area contributed by atoms with Crippen LogP contribution in [0.5, 0.6) is 0 Å². The quantitative estimate of drug-likeness (QED) is 0.0544. The predicted octanol–water partition coefficient (Wildman–Crippen LogP) is 9.37. The second kappa shape index (κ2) is 45.1. The highest BCUT2D eigenvalue weighted by Crippen LogP contribution is 2.53. The zero-order valence-corrected chi connectivity index (χ0v) is 84.0. The van der Waals surface area contributed by atoms with Crippen molar-refractivity contribution in [3.63, 3.8) is 0 Å². The molecule has 0 bridgehead atoms. The van der Waals surface area contributed by atoms with Gasteiger partial charge < -0.3 is 83.9 Å². The summed E-state index contributed by atoms with van der Waals surface area (Å²) in [7, 11) is 20.8. The number of aldehydes is 1. The predicted molar refractivity (Wildman–Crippen MR) is 505 cm³/mol. The Hall–Kier alpha value is -10.6. The highest BCUT2D eigenvalue weighted by atomic mass is 32.2. The minimum absolute atomic E-state index is 0.0254. The second-order valence-electron chi connectivity index (χ2n) is 43.6. The molecule has 0 radical (unpaired) electrons. The van der Waals surface area contributed by atoms with E-state index in [1.807, 2.05) is 62.0 Å². The molecular weight excluding hydrogens is 1750 g/mol. The average Bonchev–Trinajstić information content (AvgIpc) is 1.63. The van der Waals surface area contributed by atoms with E-state index in [1.165, 1.54) is 18.3 Å². The number of hydrogen-bond acceptors (Lipinski definition) is 19. The molecule has 21 atom stereocenters. The Balaban J connectivity index is 0.000000175. The van der Waals surface area contributed by atoms with E-state index in [-0.39, 0.29) is 87.4 Å². The van der Waals surface area contributed by atoms with Gasteiger partial charge in [0.1, 0.15) is 11.8 Å². The second-order valence-corrected chi connectivity index (χ2v) is 45.0. The zero-order chi connectivity index (χ0) is 100. The van der Waals surface area contributed by atoms with Gasteiger partial charge in [0.2, 0.25) is 11.8 Å². The van der Waals surface area contributed by atoms with Gasteiger partial charge in [-0.1, -0.05) is 24.6 Å². The molecule has 0 spiro atoms. The number of azide groups is 1. The number of urea groups is 7. The summed E-state index contributed by atoms with van der Waals surface area (Å²) in [6, 6.07) is 13.3. The van der Waals surface area contributed by atoms with E-state index < -0.39 is 26.9 Å². The number of hydrogen-bond donors (Lipinski definition) is 3. The summed E-state index contributed by atoms with van der Waals surface area (Å²) in [5.74, 6) is 6.14. The molecule has 1 aromatic carbocycles. The number of carboxylic acid groups (broad SMARTS) is 1. The number of benzene rings is 1. The summed E-state index contributed by atoms with van der Waals surface area (Å²) in [5, 5.41) is 43.0. The van der Waals surface area contributed by atoms with E-state index in [0.717, 1.165) is 142 Å². The third-order valence-corrected chi connectivity index (χ3v) is 31.5. The number of aliphatic imine (C=N–C) groups is 1. The molecule has 40 heteroatoms. The van der Waals surface area contributed by atoms with Crippen molar-refractivity contribution in [1.29, 1.82) is 15.8 Å². The van der Waals surface area contributed by atoms with Crippen LogP contribution in [0.25, 0.3) is 10.4 Å². The summed E-state index contributed by atoms with van der Waals surface area (Å²) in [4.78, 5) is 173. The normalized spacial score (nSPS) is 32.3. The fraction of sp³-hybridized carbons (Fsp3) is 0.768. The first-order chi connectivity index (χ1) is 63.1. The summed E-state index contributed by atoms with van der Waals surface area (Å²) in [5.41, 5.74) is 7.88. The maximum Gasteiger partial charge on any atom is 0.319 e. The van der Waals surface area contributed by atoms with Crippen LogP contribution in [0.15, 0.2) is 39.3 Å². The largest absolute Gasteiger partial charge is 0.481 e. The van der Waals surface area contributed by atoms with Crippen LogP contribution in [-0.4, -0.2) is 390 Å². The molecule has 7 saturated carbocycles. The number of nitrogens with zero attached hydrogens (tertiary/aromatic N) is 22. The van der Waals surface area contributed by atoms with Crippen LogP contribution in [0.3, 0.4) is 0 Å². The first-order valence-electron chi connectivity index (χ1n) is 47.5. The van der Waals surface area contributed by atoms with Gasteiger partial charge in [-0.25, -0.2) is 33.6 Å².